The highest BCUT2D eigenvalue weighted by atomic mass is 32.1. The third-order valence-corrected chi connectivity index (χ3v) is 6.07. The number of benzene rings is 2. The number of thiophene rings is 1. The van der Waals surface area contributed by atoms with Gasteiger partial charge < -0.3 is 15.0 Å². The Labute approximate surface area is 195 Å². The molecule has 1 N–H and O–H groups in total. The quantitative estimate of drug-likeness (QED) is 0.365. The van der Waals surface area contributed by atoms with Crippen LogP contribution >= 0.6 is 11.3 Å². The lowest BCUT2D eigenvalue weighted by molar-refractivity contribution is -0.142. The number of para-hydroxylation sites is 1. The van der Waals surface area contributed by atoms with Gasteiger partial charge in [0, 0.05) is 18.5 Å². The van der Waals surface area contributed by atoms with Gasteiger partial charge in [0.2, 0.25) is 11.8 Å². The van der Waals surface area contributed by atoms with Gasteiger partial charge in [-0.3, -0.25) is 9.59 Å². The average molecular weight is 464 g/mol. The Morgan fingerprint density at radius 1 is 1.09 bits per heavy atom. The van der Waals surface area contributed by atoms with E-state index in [0.29, 0.717) is 25.2 Å². The van der Waals surface area contributed by atoms with Gasteiger partial charge in [-0.15, -0.1) is 16.4 Å². The molecule has 33 heavy (non-hydrogen) atoms. The van der Waals surface area contributed by atoms with Gasteiger partial charge >= 0.3 is 0 Å². The van der Waals surface area contributed by atoms with Gasteiger partial charge in [0.15, 0.2) is 0 Å². The fourth-order valence-corrected chi connectivity index (χ4v) is 4.33. The van der Waals surface area contributed by atoms with Crippen LogP contribution in [0.3, 0.4) is 0 Å². The number of ether oxygens (including phenoxy) is 1. The summed E-state index contributed by atoms with van der Waals surface area (Å²) < 4.78 is 6.64. The van der Waals surface area contributed by atoms with Crippen LogP contribution in [0.2, 0.25) is 0 Å². The molecular formula is C24H25N5O3S. The lowest BCUT2D eigenvalue weighted by Gasteiger charge is -2.31. The summed E-state index contributed by atoms with van der Waals surface area (Å²) >= 11 is 1.54. The topological polar surface area (TPSA) is 89.4 Å². The van der Waals surface area contributed by atoms with Gasteiger partial charge in [0.05, 0.1) is 18.7 Å². The normalized spacial score (nSPS) is 11.9. The van der Waals surface area contributed by atoms with Crippen LogP contribution in [-0.2, 0) is 27.4 Å². The first-order chi connectivity index (χ1) is 16.2. The summed E-state index contributed by atoms with van der Waals surface area (Å²) in [6.45, 7) is 1.02. The number of hydrogen-bond acceptors (Lipinski definition) is 6. The van der Waals surface area contributed by atoms with Crippen LogP contribution in [0.5, 0.6) is 0 Å². The highest BCUT2D eigenvalue weighted by Crippen LogP contribution is 2.26. The van der Waals surface area contributed by atoms with Crippen molar-refractivity contribution >= 4 is 34.2 Å². The summed E-state index contributed by atoms with van der Waals surface area (Å²) in [5.41, 5.74) is 2.22. The Kier molecular flexibility index (Phi) is 7.43. The maximum atomic E-state index is 13.7. The molecule has 8 nitrogen and oxygen atoms in total. The Hall–Kier alpha value is -3.56. The van der Waals surface area contributed by atoms with Crippen molar-refractivity contribution in [3.63, 3.8) is 0 Å². The molecule has 2 amide bonds. The zero-order chi connectivity index (χ0) is 23.0. The lowest BCUT2D eigenvalue weighted by Crippen LogP contribution is -2.45. The van der Waals surface area contributed by atoms with E-state index in [1.165, 1.54) is 0 Å². The number of hydrogen-bond donors (Lipinski definition) is 1. The Morgan fingerprint density at radius 3 is 2.64 bits per heavy atom. The van der Waals surface area contributed by atoms with Gasteiger partial charge in [0.25, 0.3) is 0 Å². The van der Waals surface area contributed by atoms with Gasteiger partial charge in [-0.2, -0.15) is 0 Å². The molecule has 0 aliphatic carbocycles. The molecule has 0 bridgehead atoms. The monoisotopic (exact) mass is 463 g/mol. The van der Waals surface area contributed by atoms with Gasteiger partial charge in [0.1, 0.15) is 18.1 Å². The van der Waals surface area contributed by atoms with Gasteiger partial charge in [-0.25, -0.2) is 4.68 Å². The highest BCUT2D eigenvalue weighted by molar-refractivity contribution is 7.09. The minimum atomic E-state index is -0.799. The fourth-order valence-electron chi connectivity index (χ4n) is 3.63. The maximum Gasteiger partial charge on any atom is 0.247 e. The summed E-state index contributed by atoms with van der Waals surface area (Å²) in [7, 11) is 1.58. The third kappa shape index (κ3) is 5.44. The van der Waals surface area contributed by atoms with Crippen LogP contribution in [-0.4, -0.2) is 52.0 Å². The molecule has 0 aliphatic rings. The van der Waals surface area contributed by atoms with E-state index in [1.807, 2.05) is 72.1 Å². The second-order valence-electron chi connectivity index (χ2n) is 7.43. The zero-order valence-corrected chi connectivity index (χ0v) is 19.1. The average Bonchev–Trinajstić information content (AvgIpc) is 3.50. The molecule has 2 heterocycles. The van der Waals surface area contributed by atoms with Crippen LogP contribution in [0.1, 0.15) is 16.5 Å². The van der Waals surface area contributed by atoms with Crippen LogP contribution in [0.4, 0.5) is 0 Å². The molecule has 0 spiro atoms. The summed E-state index contributed by atoms with van der Waals surface area (Å²) in [6.07, 6.45) is 0. The van der Waals surface area contributed by atoms with Crippen LogP contribution in [0.15, 0.2) is 72.1 Å². The van der Waals surface area contributed by atoms with E-state index in [9.17, 15) is 9.59 Å². The van der Waals surface area contributed by atoms with E-state index < -0.39 is 6.04 Å². The Bertz CT molecular complexity index is 1190. The lowest BCUT2D eigenvalue weighted by atomic mass is 10.0. The molecule has 0 saturated carbocycles. The molecule has 0 saturated heterocycles. The molecule has 2 aromatic carbocycles. The summed E-state index contributed by atoms with van der Waals surface area (Å²) in [4.78, 5) is 29.6. The number of rotatable bonds is 10. The van der Waals surface area contributed by atoms with E-state index in [0.717, 1.165) is 16.0 Å². The smallest absolute Gasteiger partial charge is 0.247 e. The number of carbonyl (C=O) groups is 2. The largest absolute Gasteiger partial charge is 0.383 e. The van der Waals surface area contributed by atoms with Crippen molar-refractivity contribution in [1.29, 1.82) is 0 Å². The second-order valence-corrected chi connectivity index (χ2v) is 8.47. The van der Waals surface area contributed by atoms with Crippen molar-refractivity contribution in [2.24, 2.45) is 0 Å². The van der Waals surface area contributed by atoms with Gasteiger partial charge in [-0.05, 0) is 29.1 Å². The standard InChI is InChI=1S/C24H25N5O3S/c1-32-14-13-25-24(31)23(18-8-3-2-4-9-18)28(16-19-10-7-15-33-19)22(30)17-29-21-12-6-5-11-20(21)26-27-29/h2-12,15,23H,13-14,16-17H2,1H3,(H,25,31)/t23-/m0/s1. The molecule has 9 heteroatoms. The summed E-state index contributed by atoms with van der Waals surface area (Å²) in [5, 5.41) is 13.2. The molecule has 170 valence electrons. The van der Waals surface area contributed by atoms with Crippen molar-refractivity contribution in [1.82, 2.24) is 25.2 Å². The van der Waals surface area contributed by atoms with E-state index in [-0.39, 0.29) is 18.4 Å². The molecule has 4 aromatic rings. The number of nitrogens with zero attached hydrogens (tertiary/aromatic N) is 4. The molecule has 2 aromatic heterocycles. The summed E-state index contributed by atoms with van der Waals surface area (Å²) in [5.74, 6) is -0.485. The first kappa shape index (κ1) is 22.6. The van der Waals surface area contributed by atoms with Crippen molar-refractivity contribution in [3.05, 3.63) is 82.6 Å². The van der Waals surface area contributed by atoms with E-state index in [2.05, 4.69) is 15.6 Å². The van der Waals surface area contributed by atoms with Crippen LogP contribution in [0, 0.1) is 0 Å². The van der Waals surface area contributed by atoms with Crippen molar-refractivity contribution < 1.29 is 14.3 Å². The maximum absolute atomic E-state index is 13.7. The number of fused-ring (bicyclic) bond motifs is 1. The molecule has 0 unspecified atom stereocenters. The molecule has 4 rings (SSSR count). The minimum absolute atomic E-state index is 0.0272. The summed E-state index contributed by atoms with van der Waals surface area (Å²) in [6, 6.07) is 19.9. The van der Waals surface area contributed by atoms with Crippen molar-refractivity contribution in [2.75, 3.05) is 20.3 Å². The number of nitrogens with one attached hydrogen (secondary N) is 1. The first-order valence-electron chi connectivity index (χ1n) is 10.6. The number of methoxy groups -OCH3 is 1. The molecule has 0 fully saturated rings. The Morgan fingerprint density at radius 2 is 1.88 bits per heavy atom. The predicted molar refractivity (Wildman–Crippen MR) is 126 cm³/mol. The predicted octanol–water partition coefficient (Wildman–Crippen LogP) is 3.03. The van der Waals surface area contributed by atoms with Crippen molar-refractivity contribution in [3.8, 4) is 0 Å². The SMILES string of the molecule is COCCNC(=O)[C@H](c1ccccc1)N(Cc1cccs1)C(=O)Cn1nnc2ccccc21. The van der Waals surface area contributed by atoms with Crippen LogP contribution < -0.4 is 5.32 Å². The molecule has 1 atom stereocenters. The number of aromatic nitrogens is 3. The molecule has 0 aliphatic heterocycles. The fraction of sp³-hybridized carbons (Fsp3) is 0.250. The number of carbonyl (C=O) groups excluding carboxylic acids is 2. The Balaban J connectivity index is 1.68. The van der Waals surface area contributed by atoms with Crippen LogP contribution in [0.25, 0.3) is 11.0 Å². The zero-order valence-electron chi connectivity index (χ0n) is 18.3. The number of amides is 2. The second kappa shape index (κ2) is 10.8. The highest BCUT2D eigenvalue weighted by Gasteiger charge is 2.32. The first-order valence-corrected chi connectivity index (χ1v) is 11.5. The van der Waals surface area contributed by atoms with E-state index in [1.54, 1.807) is 28.0 Å². The third-order valence-electron chi connectivity index (χ3n) is 5.21. The molecule has 0 radical (unpaired) electrons. The van der Waals surface area contributed by atoms with E-state index >= 15 is 0 Å². The van der Waals surface area contributed by atoms with Crippen molar-refractivity contribution in [2.45, 2.75) is 19.1 Å². The molecular weight excluding hydrogens is 438 g/mol. The van der Waals surface area contributed by atoms with Gasteiger partial charge in [-0.1, -0.05) is 53.7 Å². The minimum Gasteiger partial charge on any atom is -0.383 e. The van der Waals surface area contributed by atoms with E-state index in [4.69, 9.17) is 4.74 Å².